The standard InChI is InChI=1S/C26H15NOS/c1-4-10-21-18(8-1)25-19-9-2-5-11-22(19)28-26(25)27(21)16-13-14-24-20(15-16)17-7-3-6-12-23(17)29-24/h1-15H. The van der Waals surface area contributed by atoms with Crippen molar-refractivity contribution >= 4 is 64.5 Å². The molecule has 29 heavy (non-hydrogen) atoms. The molecule has 4 aromatic carbocycles. The highest BCUT2D eigenvalue weighted by Gasteiger charge is 2.19. The Labute approximate surface area is 170 Å². The van der Waals surface area contributed by atoms with Gasteiger partial charge in [-0.15, -0.1) is 11.3 Å². The van der Waals surface area contributed by atoms with Crippen LogP contribution < -0.4 is 0 Å². The first-order chi connectivity index (χ1) is 14.4. The first-order valence-electron chi connectivity index (χ1n) is 9.71. The molecule has 3 heterocycles. The number of benzene rings is 4. The summed E-state index contributed by atoms with van der Waals surface area (Å²) < 4.78 is 11.3. The van der Waals surface area contributed by atoms with Gasteiger partial charge in [-0.2, -0.15) is 0 Å². The summed E-state index contributed by atoms with van der Waals surface area (Å²) in [6.45, 7) is 0. The topological polar surface area (TPSA) is 18.1 Å². The largest absolute Gasteiger partial charge is 0.439 e. The van der Waals surface area contributed by atoms with Crippen molar-refractivity contribution < 1.29 is 4.42 Å². The fourth-order valence-corrected chi connectivity index (χ4v) is 5.64. The van der Waals surface area contributed by atoms with Crippen molar-refractivity contribution in [1.82, 2.24) is 4.57 Å². The minimum atomic E-state index is 0.909. The zero-order valence-electron chi connectivity index (χ0n) is 15.4. The van der Waals surface area contributed by atoms with Crippen LogP contribution in [0, 0.1) is 0 Å². The summed E-state index contributed by atoms with van der Waals surface area (Å²) in [6, 6.07) is 32.2. The van der Waals surface area contributed by atoms with Gasteiger partial charge in [0.2, 0.25) is 5.71 Å². The second-order valence-electron chi connectivity index (χ2n) is 7.41. The average Bonchev–Trinajstić information content (AvgIpc) is 3.41. The first kappa shape index (κ1) is 15.4. The zero-order chi connectivity index (χ0) is 18.9. The van der Waals surface area contributed by atoms with Crippen LogP contribution in [0.3, 0.4) is 0 Å². The molecule has 0 bridgehead atoms. The van der Waals surface area contributed by atoms with E-state index in [9.17, 15) is 0 Å². The molecular formula is C26H15NOS. The minimum Gasteiger partial charge on any atom is -0.439 e. The van der Waals surface area contributed by atoms with E-state index in [1.165, 1.54) is 41.8 Å². The minimum absolute atomic E-state index is 0.909. The van der Waals surface area contributed by atoms with Gasteiger partial charge < -0.3 is 4.42 Å². The molecule has 3 heteroatoms. The number of para-hydroxylation sites is 2. The molecule has 7 aromatic rings. The average molecular weight is 389 g/mol. The molecule has 0 unspecified atom stereocenters. The van der Waals surface area contributed by atoms with Gasteiger partial charge in [-0.3, -0.25) is 4.57 Å². The lowest BCUT2D eigenvalue weighted by Crippen LogP contribution is -1.92. The highest BCUT2D eigenvalue weighted by Crippen LogP contribution is 2.40. The van der Waals surface area contributed by atoms with Gasteiger partial charge in [0.1, 0.15) is 5.58 Å². The quantitative estimate of drug-likeness (QED) is 0.279. The molecule has 0 fully saturated rings. The molecule has 0 aliphatic heterocycles. The van der Waals surface area contributed by atoms with Gasteiger partial charge in [0.15, 0.2) is 0 Å². The van der Waals surface area contributed by atoms with Crippen LogP contribution in [-0.2, 0) is 0 Å². The van der Waals surface area contributed by atoms with Crippen molar-refractivity contribution in [3.8, 4) is 5.69 Å². The number of nitrogens with zero attached hydrogens (tertiary/aromatic N) is 1. The van der Waals surface area contributed by atoms with Crippen LogP contribution in [0.25, 0.3) is 58.8 Å². The number of hydrogen-bond acceptors (Lipinski definition) is 2. The summed E-state index contributed by atoms with van der Waals surface area (Å²) in [5.74, 6) is 0. The number of hydrogen-bond donors (Lipinski definition) is 0. The lowest BCUT2D eigenvalue weighted by molar-refractivity contribution is 0.645. The van der Waals surface area contributed by atoms with Gasteiger partial charge in [-0.25, -0.2) is 0 Å². The second-order valence-corrected chi connectivity index (χ2v) is 8.49. The lowest BCUT2D eigenvalue weighted by atomic mass is 10.1. The van der Waals surface area contributed by atoms with E-state index in [0.29, 0.717) is 0 Å². The number of furan rings is 1. The van der Waals surface area contributed by atoms with Crippen LogP contribution in [0.15, 0.2) is 95.4 Å². The highest BCUT2D eigenvalue weighted by molar-refractivity contribution is 7.25. The molecule has 0 spiro atoms. The van der Waals surface area contributed by atoms with Crippen molar-refractivity contribution in [2.45, 2.75) is 0 Å². The molecule has 2 nitrogen and oxygen atoms in total. The maximum absolute atomic E-state index is 6.37. The third-order valence-electron chi connectivity index (χ3n) is 5.81. The Morgan fingerprint density at radius 1 is 0.621 bits per heavy atom. The molecule has 0 saturated carbocycles. The third-order valence-corrected chi connectivity index (χ3v) is 6.96. The van der Waals surface area contributed by atoms with Gasteiger partial charge >= 0.3 is 0 Å². The smallest absolute Gasteiger partial charge is 0.213 e. The number of rotatable bonds is 1. The van der Waals surface area contributed by atoms with Crippen molar-refractivity contribution in [2.24, 2.45) is 0 Å². The van der Waals surface area contributed by atoms with Crippen LogP contribution in [0.1, 0.15) is 0 Å². The van der Waals surface area contributed by atoms with Gasteiger partial charge in [-0.1, -0.05) is 54.6 Å². The van der Waals surface area contributed by atoms with Gasteiger partial charge in [-0.05, 0) is 36.4 Å². The molecule has 0 atom stereocenters. The molecule has 7 rings (SSSR count). The predicted molar refractivity (Wildman–Crippen MR) is 123 cm³/mol. The third kappa shape index (κ3) is 2.00. The van der Waals surface area contributed by atoms with E-state index in [0.717, 1.165) is 17.0 Å². The Bertz CT molecular complexity index is 1710. The molecule has 136 valence electrons. The van der Waals surface area contributed by atoms with Crippen molar-refractivity contribution in [1.29, 1.82) is 0 Å². The van der Waals surface area contributed by atoms with Crippen LogP contribution in [0.4, 0.5) is 0 Å². The monoisotopic (exact) mass is 389 g/mol. The maximum atomic E-state index is 6.37. The predicted octanol–water partition coefficient (Wildman–Crippen LogP) is 7.90. The second kappa shape index (κ2) is 5.49. The lowest BCUT2D eigenvalue weighted by Gasteiger charge is -2.06. The Balaban J connectivity index is 1.65. The molecule has 0 amide bonds. The Kier molecular flexibility index (Phi) is 2.91. The van der Waals surface area contributed by atoms with Crippen LogP contribution in [-0.4, -0.2) is 4.57 Å². The van der Waals surface area contributed by atoms with E-state index in [-0.39, 0.29) is 0 Å². The molecule has 0 radical (unpaired) electrons. The highest BCUT2D eigenvalue weighted by atomic mass is 32.1. The van der Waals surface area contributed by atoms with E-state index in [4.69, 9.17) is 4.42 Å². The first-order valence-corrected chi connectivity index (χ1v) is 10.5. The molecule has 0 N–H and O–H groups in total. The van der Waals surface area contributed by atoms with Crippen LogP contribution >= 0.6 is 11.3 Å². The Hall–Kier alpha value is -3.56. The Morgan fingerprint density at radius 3 is 2.28 bits per heavy atom. The summed E-state index contributed by atoms with van der Waals surface area (Å²) in [5.41, 5.74) is 4.14. The fourth-order valence-electron chi connectivity index (χ4n) is 4.55. The summed E-state index contributed by atoms with van der Waals surface area (Å²) in [5, 5.41) is 6.19. The number of fused-ring (bicyclic) bond motifs is 8. The molecule has 0 aliphatic carbocycles. The van der Waals surface area contributed by atoms with E-state index in [2.05, 4.69) is 83.4 Å². The molecule has 0 saturated heterocycles. The van der Waals surface area contributed by atoms with Gasteiger partial charge in [0.05, 0.1) is 10.9 Å². The number of thiophene rings is 1. The van der Waals surface area contributed by atoms with Crippen LogP contribution in [0.2, 0.25) is 0 Å². The number of aromatic nitrogens is 1. The zero-order valence-corrected chi connectivity index (χ0v) is 16.2. The molecule has 0 aliphatic rings. The van der Waals surface area contributed by atoms with Gasteiger partial charge in [0.25, 0.3) is 0 Å². The summed E-state index contributed by atoms with van der Waals surface area (Å²) in [4.78, 5) is 0. The maximum Gasteiger partial charge on any atom is 0.213 e. The summed E-state index contributed by atoms with van der Waals surface area (Å²) in [6.07, 6.45) is 0. The van der Waals surface area contributed by atoms with E-state index in [1.54, 1.807) is 0 Å². The molecular weight excluding hydrogens is 374 g/mol. The van der Waals surface area contributed by atoms with Crippen molar-refractivity contribution in [3.05, 3.63) is 91.0 Å². The van der Waals surface area contributed by atoms with E-state index < -0.39 is 0 Å². The van der Waals surface area contributed by atoms with Gasteiger partial charge in [0, 0.05) is 36.6 Å². The molecule has 3 aromatic heterocycles. The normalized spacial score (nSPS) is 12.1. The van der Waals surface area contributed by atoms with Crippen LogP contribution in [0.5, 0.6) is 0 Å². The fraction of sp³-hybridized carbons (Fsp3) is 0. The Morgan fingerprint density at radius 2 is 1.34 bits per heavy atom. The SMILES string of the molecule is c1ccc2c(c1)oc1c2c2ccccc2n1-c1ccc2sc3ccccc3c2c1. The summed E-state index contributed by atoms with van der Waals surface area (Å²) in [7, 11) is 0. The van der Waals surface area contributed by atoms with E-state index >= 15 is 0 Å². The van der Waals surface area contributed by atoms with Crippen molar-refractivity contribution in [2.75, 3.05) is 0 Å². The summed E-state index contributed by atoms with van der Waals surface area (Å²) >= 11 is 1.85. The van der Waals surface area contributed by atoms with Crippen molar-refractivity contribution in [3.63, 3.8) is 0 Å². The van der Waals surface area contributed by atoms with E-state index in [1.807, 2.05) is 23.5 Å².